The van der Waals surface area contributed by atoms with Crippen molar-refractivity contribution in [3.63, 3.8) is 0 Å². The standard InChI is InChI=1S/C21H20F2N2O3/c1-13-12-25(9-8-24-13)16-5-2-15-10-19(28-20(26)18(15)11-16)14-3-6-17(7-4-14)27-21(22)23/h2-7,10-11,13,21,24H,8-9,12H2,1H3/t13-/m0/s1. The smallest absolute Gasteiger partial charge is 0.387 e. The van der Waals surface area contributed by atoms with E-state index in [4.69, 9.17) is 4.42 Å². The van der Waals surface area contributed by atoms with E-state index in [-0.39, 0.29) is 5.75 Å². The van der Waals surface area contributed by atoms with Gasteiger partial charge in [0.25, 0.3) is 0 Å². The highest BCUT2D eigenvalue weighted by molar-refractivity contribution is 5.87. The fourth-order valence-electron chi connectivity index (χ4n) is 3.48. The summed E-state index contributed by atoms with van der Waals surface area (Å²) in [5.41, 5.74) is 1.18. The number of benzene rings is 2. The molecule has 1 fully saturated rings. The first-order valence-electron chi connectivity index (χ1n) is 9.11. The van der Waals surface area contributed by atoms with Crippen molar-refractivity contribution in [1.29, 1.82) is 0 Å². The molecule has 0 aliphatic carbocycles. The molecular weight excluding hydrogens is 366 g/mol. The summed E-state index contributed by atoms with van der Waals surface area (Å²) in [6, 6.07) is 13.9. The van der Waals surface area contributed by atoms with Crippen molar-refractivity contribution in [3.8, 4) is 17.1 Å². The topological polar surface area (TPSA) is 54.7 Å². The van der Waals surface area contributed by atoms with Crippen molar-refractivity contribution in [2.24, 2.45) is 0 Å². The first-order chi connectivity index (χ1) is 13.5. The molecule has 1 saturated heterocycles. The van der Waals surface area contributed by atoms with Crippen LogP contribution >= 0.6 is 0 Å². The van der Waals surface area contributed by atoms with Crippen LogP contribution in [0.3, 0.4) is 0 Å². The summed E-state index contributed by atoms with van der Waals surface area (Å²) in [4.78, 5) is 14.8. The molecule has 28 heavy (non-hydrogen) atoms. The zero-order valence-electron chi connectivity index (χ0n) is 15.3. The molecule has 1 aromatic heterocycles. The quantitative estimate of drug-likeness (QED) is 0.738. The fourth-order valence-corrected chi connectivity index (χ4v) is 3.48. The average molecular weight is 386 g/mol. The minimum atomic E-state index is -2.88. The normalized spacial score (nSPS) is 17.3. The summed E-state index contributed by atoms with van der Waals surface area (Å²) in [7, 11) is 0. The molecule has 7 heteroatoms. The van der Waals surface area contributed by atoms with Crippen LogP contribution in [0.1, 0.15) is 6.92 Å². The van der Waals surface area contributed by atoms with Crippen molar-refractivity contribution in [2.75, 3.05) is 24.5 Å². The number of nitrogens with zero attached hydrogens (tertiary/aromatic N) is 1. The van der Waals surface area contributed by atoms with E-state index in [0.717, 1.165) is 30.7 Å². The molecule has 1 aliphatic heterocycles. The molecule has 0 saturated carbocycles. The molecule has 5 nitrogen and oxygen atoms in total. The van der Waals surface area contributed by atoms with E-state index in [0.29, 0.717) is 22.8 Å². The third-order valence-electron chi connectivity index (χ3n) is 4.84. The second-order valence-corrected chi connectivity index (χ2v) is 6.87. The van der Waals surface area contributed by atoms with Crippen molar-refractivity contribution in [1.82, 2.24) is 5.32 Å². The van der Waals surface area contributed by atoms with E-state index in [1.807, 2.05) is 18.2 Å². The van der Waals surface area contributed by atoms with E-state index in [1.54, 1.807) is 18.2 Å². The summed E-state index contributed by atoms with van der Waals surface area (Å²) in [6.07, 6.45) is 0. The average Bonchev–Trinajstić information content (AvgIpc) is 2.68. The van der Waals surface area contributed by atoms with Crippen molar-refractivity contribution < 1.29 is 17.9 Å². The van der Waals surface area contributed by atoms with Gasteiger partial charge in [0, 0.05) is 36.9 Å². The summed E-state index contributed by atoms with van der Waals surface area (Å²) in [6.45, 7) is 1.91. The Labute approximate surface area is 160 Å². The maximum absolute atomic E-state index is 12.6. The van der Waals surface area contributed by atoms with Crippen LogP contribution in [0.4, 0.5) is 14.5 Å². The highest BCUT2D eigenvalue weighted by Gasteiger charge is 2.17. The van der Waals surface area contributed by atoms with Gasteiger partial charge in [0.2, 0.25) is 0 Å². The van der Waals surface area contributed by atoms with Crippen molar-refractivity contribution in [3.05, 3.63) is 59.0 Å². The number of piperazine rings is 1. The molecule has 2 heterocycles. The Balaban J connectivity index is 1.65. The molecule has 0 spiro atoms. The van der Waals surface area contributed by atoms with Crippen LogP contribution in [-0.2, 0) is 0 Å². The van der Waals surface area contributed by atoms with Gasteiger partial charge in [-0.2, -0.15) is 8.78 Å². The molecule has 1 atom stereocenters. The number of ether oxygens (including phenoxy) is 1. The second-order valence-electron chi connectivity index (χ2n) is 6.87. The van der Waals surface area contributed by atoms with Crippen LogP contribution in [0, 0.1) is 0 Å². The van der Waals surface area contributed by atoms with Gasteiger partial charge in [0.15, 0.2) is 0 Å². The lowest BCUT2D eigenvalue weighted by Crippen LogP contribution is -2.49. The Morgan fingerprint density at radius 3 is 2.68 bits per heavy atom. The highest BCUT2D eigenvalue weighted by atomic mass is 19.3. The number of fused-ring (bicyclic) bond motifs is 1. The SMILES string of the molecule is C[C@H]1CN(c2ccc3cc(-c4ccc(OC(F)F)cc4)oc(=O)c3c2)CCN1. The third-order valence-corrected chi connectivity index (χ3v) is 4.84. The Morgan fingerprint density at radius 1 is 1.18 bits per heavy atom. The van der Waals surface area contributed by atoms with Crippen LogP contribution in [0.5, 0.6) is 5.75 Å². The molecule has 0 amide bonds. The monoisotopic (exact) mass is 386 g/mol. The van der Waals surface area contributed by atoms with Gasteiger partial charge in [-0.25, -0.2) is 4.79 Å². The number of alkyl halides is 2. The Bertz CT molecular complexity index is 1030. The molecule has 1 aliphatic rings. The number of anilines is 1. The van der Waals surface area contributed by atoms with Gasteiger partial charge in [0.1, 0.15) is 11.5 Å². The number of hydrogen-bond donors (Lipinski definition) is 1. The van der Waals surface area contributed by atoms with Gasteiger partial charge in [-0.1, -0.05) is 6.07 Å². The third kappa shape index (κ3) is 3.84. The Morgan fingerprint density at radius 2 is 1.96 bits per heavy atom. The van der Waals surface area contributed by atoms with E-state index in [9.17, 15) is 13.6 Å². The van der Waals surface area contributed by atoms with Crippen LogP contribution < -0.4 is 20.6 Å². The van der Waals surface area contributed by atoms with Gasteiger partial charge in [-0.3, -0.25) is 0 Å². The number of rotatable bonds is 4. The maximum Gasteiger partial charge on any atom is 0.387 e. The van der Waals surface area contributed by atoms with Gasteiger partial charge >= 0.3 is 12.2 Å². The summed E-state index contributed by atoms with van der Waals surface area (Å²) < 4.78 is 34.4. The Hall–Kier alpha value is -2.93. The minimum absolute atomic E-state index is 0.0526. The van der Waals surface area contributed by atoms with Gasteiger partial charge in [-0.15, -0.1) is 0 Å². The zero-order chi connectivity index (χ0) is 19.7. The van der Waals surface area contributed by atoms with Crippen LogP contribution in [0.25, 0.3) is 22.1 Å². The van der Waals surface area contributed by atoms with Gasteiger partial charge < -0.3 is 19.4 Å². The van der Waals surface area contributed by atoms with Crippen LogP contribution in [0.2, 0.25) is 0 Å². The van der Waals surface area contributed by atoms with Crippen LogP contribution in [-0.4, -0.2) is 32.3 Å². The second kappa shape index (κ2) is 7.59. The van der Waals surface area contributed by atoms with E-state index >= 15 is 0 Å². The molecule has 3 aromatic rings. The number of halogens is 2. The van der Waals surface area contributed by atoms with Gasteiger partial charge in [-0.05, 0) is 54.8 Å². The molecule has 2 aromatic carbocycles. The first-order valence-corrected chi connectivity index (χ1v) is 9.11. The molecular formula is C21H20F2N2O3. The minimum Gasteiger partial charge on any atom is -0.435 e. The summed E-state index contributed by atoms with van der Waals surface area (Å²) in [5, 5.41) is 4.69. The van der Waals surface area contributed by atoms with Crippen LogP contribution in [0.15, 0.2) is 57.7 Å². The lowest BCUT2D eigenvalue weighted by Gasteiger charge is -2.33. The molecule has 0 radical (unpaired) electrons. The maximum atomic E-state index is 12.6. The van der Waals surface area contributed by atoms with Gasteiger partial charge in [0.05, 0.1) is 5.39 Å². The van der Waals surface area contributed by atoms with E-state index in [1.165, 1.54) is 12.1 Å². The Kier molecular flexibility index (Phi) is 5.00. The summed E-state index contributed by atoms with van der Waals surface area (Å²) in [5.74, 6) is 0.432. The molecule has 0 unspecified atom stereocenters. The summed E-state index contributed by atoms with van der Waals surface area (Å²) >= 11 is 0. The fraction of sp³-hybridized carbons (Fsp3) is 0.286. The first kappa shape index (κ1) is 18.4. The molecule has 146 valence electrons. The number of hydrogen-bond acceptors (Lipinski definition) is 5. The number of nitrogens with one attached hydrogen (secondary N) is 1. The molecule has 4 rings (SSSR count). The largest absolute Gasteiger partial charge is 0.435 e. The molecule has 1 N–H and O–H groups in total. The van der Waals surface area contributed by atoms with E-state index in [2.05, 4.69) is 21.9 Å². The molecule has 0 bridgehead atoms. The predicted octanol–water partition coefficient (Wildman–Crippen LogP) is 3.86. The lowest BCUT2D eigenvalue weighted by atomic mass is 10.1. The van der Waals surface area contributed by atoms with Crippen molar-refractivity contribution in [2.45, 2.75) is 19.6 Å². The van der Waals surface area contributed by atoms with E-state index < -0.39 is 12.2 Å². The highest BCUT2D eigenvalue weighted by Crippen LogP contribution is 2.27. The lowest BCUT2D eigenvalue weighted by molar-refractivity contribution is -0.0498. The zero-order valence-corrected chi connectivity index (χ0v) is 15.3. The van der Waals surface area contributed by atoms with Crippen molar-refractivity contribution >= 4 is 16.5 Å². The predicted molar refractivity (Wildman–Crippen MR) is 104 cm³/mol.